The normalized spacial score (nSPS) is 25.9. The van der Waals surface area contributed by atoms with Crippen LogP contribution in [0.5, 0.6) is 0 Å². The molecule has 0 bridgehead atoms. The maximum atomic E-state index is 14.9. The number of benzene rings is 1. The minimum absolute atomic E-state index is 0.325. The minimum atomic E-state index is -1.22. The van der Waals surface area contributed by atoms with Gasteiger partial charge in [0.05, 0.1) is 6.61 Å². The summed E-state index contributed by atoms with van der Waals surface area (Å²) < 4.78 is 19.8. The van der Waals surface area contributed by atoms with Crippen molar-refractivity contribution in [1.82, 2.24) is 10.2 Å². The fraction of sp³-hybridized carbons (Fsp3) is 0.611. The second-order valence-electron chi connectivity index (χ2n) is 6.58. The lowest BCUT2D eigenvalue weighted by molar-refractivity contribution is 0.0450. The first-order chi connectivity index (χ1) is 11.1. The second-order valence-corrected chi connectivity index (χ2v) is 6.58. The van der Waals surface area contributed by atoms with Crippen LogP contribution >= 0.6 is 0 Å². The Labute approximate surface area is 137 Å². The van der Waals surface area contributed by atoms with Crippen LogP contribution in [-0.4, -0.2) is 48.9 Å². The standard InChI is InChI=1S/C18H25FN2O2/c1-2-23-17(22)21-10-8-18(19,9-11-21)13-20-16-12-15(16)14-6-4-3-5-7-14/h3-7,15-16,20H,2,8-13H2,1H3/t15-,16+/m0/s1. The number of nitrogens with one attached hydrogen (secondary N) is 1. The first kappa shape index (κ1) is 16.2. The fourth-order valence-electron chi connectivity index (χ4n) is 3.28. The Kier molecular flexibility index (Phi) is 4.85. The van der Waals surface area contributed by atoms with Gasteiger partial charge in [-0.3, -0.25) is 0 Å². The molecule has 1 heterocycles. The monoisotopic (exact) mass is 320 g/mol. The summed E-state index contributed by atoms with van der Waals surface area (Å²) in [7, 11) is 0. The molecule has 2 atom stereocenters. The summed E-state index contributed by atoms with van der Waals surface area (Å²) in [6.45, 7) is 3.38. The fourth-order valence-corrected chi connectivity index (χ4v) is 3.28. The Balaban J connectivity index is 1.42. The van der Waals surface area contributed by atoms with E-state index >= 15 is 0 Å². The van der Waals surface area contributed by atoms with E-state index in [1.807, 2.05) is 18.2 Å². The molecule has 0 spiro atoms. The molecule has 5 heteroatoms. The average molecular weight is 320 g/mol. The number of carbonyl (C=O) groups is 1. The van der Waals surface area contributed by atoms with Crippen LogP contribution < -0.4 is 5.32 Å². The lowest BCUT2D eigenvalue weighted by Gasteiger charge is -2.36. The van der Waals surface area contributed by atoms with Crippen molar-refractivity contribution in [3.63, 3.8) is 0 Å². The quantitative estimate of drug-likeness (QED) is 0.906. The number of alkyl halides is 1. The molecular weight excluding hydrogens is 295 g/mol. The van der Waals surface area contributed by atoms with Gasteiger partial charge in [-0.15, -0.1) is 0 Å². The lowest BCUT2D eigenvalue weighted by atomic mass is 9.93. The largest absolute Gasteiger partial charge is 0.450 e. The second kappa shape index (κ2) is 6.87. The van der Waals surface area contributed by atoms with Crippen molar-refractivity contribution >= 4 is 6.09 Å². The van der Waals surface area contributed by atoms with Crippen LogP contribution in [0.15, 0.2) is 30.3 Å². The molecule has 2 aliphatic rings. The molecular formula is C18H25FN2O2. The van der Waals surface area contributed by atoms with Crippen molar-refractivity contribution in [2.24, 2.45) is 0 Å². The predicted molar refractivity (Wildman–Crippen MR) is 87.3 cm³/mol. The SMILES string of the molecule is CCOC(=O)N1CCC(F)(CN[C@@H]2C[C@H]2c2ccccc2)CC1. The van der Waals surface area contributed by atoms with E-state index in [1.165, 1.54) is 5.56 Å². The minimum Gasteiger partial charge on any atom is -0.450 e. The van der Waals surface area contributed by atoms with Gasteiger partial charge in [-0.05, 0) is 18.9 Å². The number of ether oxygens (including phenoxy) is 1. The average Bonchev–Trinajstić information content (AvgIpc) is 3.35. The molecule has 1 aromatic carbocycles. The number of piperidine rings is 1. The number of amides is 1. The summed E-state index contributed by atoms with van der Waals surface area (Å²) in [5, 5.41) is 3.37. The molecule has 23 heavy (non-hydrogen) atoms. The highest BCUT2D eigenvalue weighted by Gasteiger charge is 2.42. The molecule has 1 saturated heterocycles. The Hall–Kier alpha value is -1.62. The lowest BCUT2D eigenvalue weighted by Crippen LogP contribution is -2.49. The maximum absolute atomic E-state index is 14.9. The van der Waals surface area contributed by atoms with Crippen molar-refractivity contribution in [3.8, 4) is 0 Å². The molecule has 4 nitrogen and oxygen atoms in total. The van der Waals surface area contributed by atoms with Gasteiger partial charge in [-0.2, -0.15) is 0 Å². The third-order valence-corrected chi connectivity index (χ3v) is 4.88. The van der Waals surface area contributed by atoms with Gasteiger partial charge in [-0.25, -0.2) is 9.18 Å². The van der Waals surface area contributed by atoms with Crippen molar-refractivity contribution in [2.45, 2.75) is 43.8 Å². The molecule has 1 amide bonds. The van der Waals surface area contributed by atoms with E-state index in [1.54, 1.807) is 11.8 Å². The highest BCUT2D eigenvalue weighted by atomic mass is 19.1. The Morgan fingerprint density at radius 1 is 1.35 bits per heavy atom. The summed E-state index contributed by atoms with van der Waals surface area (Å²) in [5.74, 6) is 0.513. The van der Waals surface area contributed by atoms with E-state index in [2.05, 4.69) is 17.4 Å². The summed E-state index contributed by atoms with van der Waals surface area (Å²) >= 11 is 0. The van der Waals surface area contributed by atoms with E-state index < -0.39 is 5.67 Å². The summed E-state index contributed by atoms with van der Waals surface area (Å²) in [6.07, 6.45) is 1.51. The highest BCUT2D eigenvalue weighted by molar-refractivity contribution is 5.67. The zero-order valence-corrected chi connectivity index (χ0v) is 13.6. The van der Waals surface area contributed by atoms with Gasteiger partial charge in [-0.1, -0.05) is 30.3 Å². The zero-order chi connectivity index (χ0) is 16.3. The number of rotatable bonds is 5. The maximum Gasteiger partial charge on any atom is 0.409 e. The third-order valence-electron chi connectivity index (χ3n) is 4.88. The Morgan fingerprint density at radius 2 is 2.04 bits per heavy atom. The van der Waals surface area contributed by atoms with Gasteiger partial charge in [0.1, 0.15) is 5.67 Å². The molecule has 0 aromatic heterocycles. The molecule has 1 saturated carbocycles. The van der Waals surface area contributed by atoms with E-state index in [9.17, 15) is 9.18 Å². The number of likely N-dealkylation sites (tertiary alicyclic amines) is 1. The smallest absolute Gasteiger partial charge is 0.409 e. The van der Waals surface area contributed by atoms with Crippen LogP contribution in [0.3, 0.4) is 0 Å². The van der Waals surface area contributed by atoms with Gasteiger partial charge in [0.25, 0.3) is 0 Å². The van der Waals surface area contributed by atoms with Crippen LogP contribution in [0.2, 0.25) is 0 Å². The van der Waals surface area contributed by atoms with Crippen LogP contribution in [0.1, 0.15) is 37.7 Å². The van der Waals surface area contributed by atoms with Crippen LogP contribution in [0.25, 0.3) is 0 Å². The predicted octanol–water partition coefficient (Wildman–Crippen LogP) is 3.09. The Morgan fingerprint density at radius 3 is 2.70 bits per heavy atom. The summed E-state index contributed by atoms with van der Waals surface area (Å²) in [5.41, 5.74) is 0.113. The molecule has 1 aromatic rings. The third kappa shape index (κ3) is 4.02. The number of hydrogen-bond donors (Lipinski definition) is 1. The number of halogens is 1. The van der Waals surface area contributed by atoms with E-state index in [0.717, 1.165) is 6.42 Å². The first-order valence-electron chi connectivity index (χ1n) is 8.50. The van der Waals surface area contributed by atoms with Gasteiger partial charge in [0, 0.05) is 44.4 Å². The van der Waals surface area contributed by atoms with Gasteiger partial charge >= 0.3 is 6.09 Å². The number of hydrogen-bond acceptors (Lipinski definition) is 3. The first-order valence-corrected chi connectivity index (χ1v) is 8.50. The van der Waals surface area contributed by atoms with Crippen LogP contribution in [0.4, 0.5) is 9.18 Å². The van der Waals surface area contributed by atoms with Gasteiger partial charge < -0.3 is 15.0 Å². The number of carbonyl (C=O) groups excluding carboxylic acids is 1. The molecule has 0 unspecified atom stereocenters. The van der Waals surface area contributed by atoms with E-state index in [4.69, 9.17) is 4.74 Å². The highest BCUT2D eigenvalue weighted by Crippen LogP contribution is 2.41. The molecule has 3 rings (SSSR count). The Bertz CT molecular complexity index is 529. The van der Waals surface area contributed by atoms with Crippen LogP contribution in [-0.2, 0) is 4.74 Å². The molecule has 2 fully saturated rings. The van der Waals surface area contributed by atoms with Crippen molar-refractivity contribution in [1.29, 1.82) is 0 Å². The topological polar surface area (TPSA) is 41.6 Å². The molecule has 1 N–H and O–H groups in total. The van der Waals surface area contributed by atoms with E-state index in [0.29, 0.717) is 51.0 Å². The molecule has 1 aliphatic heterocycles. The number of nitrogens with zero attached hydrogens (tertiary/aromatic N) is 1. The molecule has 126 valence electrons. The van der Waals surface area contributed by atoms with Gasteiger partial charge in [0.2, 0.25) is 0 Å². The summed E-state index contributed by atoms with van der Waals surface area (Å²) in [6, 6.07) is 10.8. The van der Waals surface area contributed by atoms with Gasteiger partial charge in [0.15, 0.2) is 0 Å². The zero-order valence-electron chi connectivity index (χ0n) is 13.6. The molecule has 1 aliphatic carbocycles. The van der Waals surface area contributed by atoms with Crippen molar-refractivity contribution in [3.05, 3.63) is 35.9 Å². The van der Waals surface area contributed by atoms with Crippen LogP contribution in [0, 0.1) is 0 Å². The summed E-state index contributed by atoms with van der Waals surface area (Å²) in [4.78, 5) is 13.3. The van der Waals surface area contributed by atoms with Crippen molar-refractivity contribution in [2.75, 3.05) is 26.2 Å². The van der Waals surface area contributed by atoms with E-state index in [-0.39, 0.29) is 6.09 Å². The molecule has 0 radical (unpaired) electrons. The van der Waals surface area contributed by atoms with Crippen molar-refractivity contribution < 1.29 is 13.9 Å².